The monoisotopic (exact) mass is 451 g/mol. The predicted molar refractivity (Wildman–Crippen MR) is 90.3 cm³/mol. The second kappa shape index (κ2) is 8.19. The van der Waals surface area contributed by atoms with Gasteiger partial charge in [-0.25, -0.2) is 0 Å². The number of hydrogen-bond acceptors (Lipinski definition) is 4. The average Bonchev–Trinajstić information content (AvgIpc) is 2.76. The third-order valence-corrected chi connectivity index (χ3v) is 3.29. The number of nitrogens with one attached hydrogen (secondary N) is 1. The van der Waals surface area contributed by atoms with Crippen molar-refractivity contribution in [2.45, 2.75) is 13.2 Å². The lowest BCUT2D eigenvalue weighted by atomic mass is 10.2. The number of ether oxygens (including phenoxy) is 1. The van der Waals surface area contributed by atoms with Gasteiger partial charge in [0.25, 0.3) is 0 Å². The SMILES string of the molecule is CN1CCN=C1NCc1cc(Cl)cc(Cl)c1OC(F)F.I. The lowest BCUT2D eigenvalue weighted by molar-refractivity contribution is -0.0504. The van der Waals surface area contributed by atoms with Crippen LogP contribution in [0, 0.1) is 0 Å². The molecule has 1 heterocycles. The van der Waals surface area contributed by atoms with E-state index in [4.69, 9.17) is 23.2 Å². The van der Waals surface area contributed by atoms with Crippen LogP contribution in [0.3, 0.4) is 0 Å². The van der Waals surface area contributed by atoms with E-state index < -0.39 is 6.61 Å². The van der Waals surface area contributed by atoms with Crippen molar-refractivity contribution in [3.8, 4) is 5.75 Å². The molecule has 0 fully saturated rings. The molecule has 1 aromatic carbocycles. The Kier molecular flexibility index (Phi) is 7.22. The van der Waals surface area contributed by atoms with Crippen LogP contribution in [-0.2, 0) is 6.54 Å². The molecule has 0 saturated carbocycles. The maximum Gasteiger partial charge on any atom is 0.387 e. The number of benzene rings is 1. The van der Waals surface area contributed by atoms with Gasteiger partial charge >= 0.3 is 6.61 Å². The number of alkyl halides is 2. The molecule has 0 bridgehead atoms. The second-order valence-corrected chi connectivity index (χ2v) is 5.08. The van der Waals surface area contributed by atoms with E-state index in [1.54, 1.807) is 0 Å². The summed E-state index contributed by atoms with van der Waals surface area (Å²) in [6, 6.07) is 2.90. The van der Waals surface area contributed by atoms with Crippen LogP contribution in [0.15, 0.2) is 17.1 Å². The summed E-state index contributed by atoms with van der Waals surface area (Å²) in [4.78, 5) is 6.17. The Morgan fingerprint density at radius 1 is 1.43 bits per heavy atom. The largest absolute Gasteiger partial charge is 0.433 e. The number of aliphatic imine (C=N–C) groups is 1. The second-order valence-electron chi connectivity index (χ2n) is 4.23. The highest BCUT2D eigenvalue weighted by Crippen LogP contribution is 2.33. The van der Waals surface area contributed by atoms with Crippen molar-refractivity contribution in [1.29, 1.82) is 0 Å². The highest BCUT2D eigenvalue weighted by molar-refractivity contribution is 14.0. The van der Waals surface area contributed by atoms with Crippen molar-refractivity contribution in [2.75, 3.05) is 20.1 Å². The zero-order valence-electron chi connectivity index (χ0n) is 11.1. The van der Waals surface area contributed by atoms with Crippen LogP contribution in [0.25, 0.3) is 0 Å². The van der Waals surface area contributed by atoms with Gasteiger partial charge in [0.2, 0.25) is 0 Å². The molecule has 0 saturated heterocycles. The Hall–Kier alpha value is -0.540. The number of nitrogens with zero attached hydrogens (tertiary/aromatic N) is 2. The number of halogens is 5. The molecule has 1 aromatic rings. The van der Waals surface area contributed by atoms with E-state index in [9.17, 15) is 8.78 Å². The third-order valence-electron chi connectivity index (χ3n) is 2.79. The molecule has 2 rings (SSSR count). The van der Waals surface area contributed by atoms with E-state index in [0.717, 1.165) is 6.54 Å². The molecule has 0 aromatic heterocycles. The molecular weight excluding hydrogens is 438 g/mol. The maximum atomic E-state index is 12.4. The van der Waals surface area contributed by atoms with Gasteiger partial charge in [0.15, 0.2) is 5.96 Å². The number of likely N-dealkylation sites (N-methyl/N-ethyl adjacent to an activating group) is 1. The van der Waals surface area contributed by atoms with Gasteiger partial charge in [-0.05, 0) is 12.1 Å². The molecule has 0 amide bonds. The fourth-order valence-electron chi connectivity index (χ4n) is 1.86. The van der Waals surface area contributed by atoms with E-state index in [2.05, 4.69) is 15.0 Å². The highest BCUT2D eigenvalue weighted by atomic mass is 127. The molecule has 0 atom stereocenters. The molecule has 1 N–H and O–H groups in total. The maximum absolute atomic E-state index is 12.4. The molecule has 21 heavy (non-hydrogen) atoms. The average molecular weight is 452 g/mol. The molecular formula is C12H14Cl2F2IN3O. The normalized spacial score (nSPS) is 14.0. The van der Waals surface area contributed by atoms with Gasteiger partial charge in [0.1, 0.15) is 5.75 Å². The molecule has 9 heteroatoms. The summed E-state index contributed by atoms with van der Waals surface area (Å²) in [5.41, 5.74) is 0.450. The summed E-state index contributed by atoms with van der Waals surface area (Å²) >= 11 is 11.8. The van der Waals surface area contributed by atoms with Crippen molar-refractivity contribution in [1.82, 2.24) is 10.2 Å². The Balaban J connectivity index is 0.00000220. The highest BCUT2D eigenvalue weighted by Gasteiger charge is 2.17. The topological polar surface area (TPSA) is 36.9 Å². The number of rotatable bonds is 4. The summed E-state index contributed by atoms with van der Waals surface area (Å²) in [5, 5.41) is 3.46. The fraction of sp³-hybridized carbons (Fsp3) is 0.417. The van der Waals surface area contributed by atoms with Crippen LogP contribution >= 0.6 is 47.2 Å². The first-order valence-corrected chi connectivity index (χ1v) is 6.65. The zero-order chi connectivity index (χ0) is 14.7. The van der Waals surface area contributed by atoms with Crippen molar-refractivity contribution in [2.24, 2.45) is 4.99 Å². The summed E-state index contributed by atoms with van der Waals surface area (Å²) in [6.07, 6.45) is 0. The summed E-state index contributed by atoms with van der Waals surface area (Å²) in [7, 11) is 1.89. The molecule has 118 valence electrons. The third kappa shape index (κ3) is 5.00. The standard InChI is InChI=1S/C12H13Cl2F2N3O.HI/c1-19-3-2-17-12(19)18-6-7-4-8(13)5-9(14)10(7)20-11(15)16;/h4-5,11H,2-3,6H2,1H3,(H,17,18);1H. The van der Waals surface area contributed by atoms with Gasteiger partial charge in [-0.1, -0.05) is 23.2 Å². The van der Waals surface area contributed by atoms with E-state index >= 15 is 0 Å². The Morgan fingerprint density at radius 3 is 2.71 bits per heavy atom. The predicted octanol–water partition coefficient (Wildman–Crippen LogP) is 3.60. The van der Waals surface area contributed by atoms with E-state index in [-0.39, 0.29) is 41.3 Å². The van der Waals surface area contributed by atoms with E-state index in [0.29, 0.717) is 23.1 Å². The zero-order valence-corrected chi connectivity index (χ0v) is 14.9. The van der Waals surface area contributed by atoms with Gasteiger partial charge in [0.05, 0.1) is 11.6 Å². The van der Waals surface area contributed by atoms with Crippen LogP contribution in [0.2, 0.25) is 10.0 Å². The van der Waals surface area contributed by atoms with Gasteiger partial charge in [-0.2, -0.15) is 8.78 Å². The molecule has 0 radical (unpaired) electrons. The molecule has 1 aliphatic heterocycles. The Labute approximate surface area is 148 Å². The Bertz CT molecular complexity index is 531. The first kappa shape index (κ1) is 18.5. The van der Waals surface area contributed by atoms with Gasteiger partial charge in [-0.15, -0.1) is 24.0 Å². The van der Waals surface area contributed by atoms with Crippen LogP contribution in [0.1, 0.15) is 5.56 Å². The van der Waals surface area contributed by atoms with E-state index in [1.165, 1.54) is 12.1 Å². The van der Waals surface area contributed by atoms with Gasteiger partial charge in [-0.3, -0.25) is 4.99 Å². The van der Waals surface area contributed by atoms with Crippen molar-refractivity contribution < 1.29 is 13.5 Å². The lowest BCUT2D eigenvalue weighted by Gasteiger charge is -2.17. The Morgan fingerprint density at radius 2 is 2.14 bits per heavy atom. The smallest absolute Gasteiger partial charge is 0.387 e. The number of guanidine groups is 1. The van der Waals surface area contributed by atoms with Crippen LogP contribution in [0.5, 0.6) is 5.75 Å². The van der Waals surface area contributed by atoms with Crippen molar-refractivity contribution >= 4 is 53.1 Å². The van der Waals surface area contributed by atoms with Crippen LogP contribution in [-0.4, -0.2) is 37.6 Å². The molecule has 4 nitrogen and oxygen atoms in total. The minimum absolute atomic E-state index is 0. The number of hydrogen-bond donors (Lipinski definition) is 1. The van der Waals surface area contributed by atoms with Crippen molar-refractivity contribution in [3.63, 3.8) is 0 Å². The minimum Gasteiger partial charge on any atom is -0.433 e. The van der Waals surface area contributed by atoms with Crippen molar-refractivity contribution in [3.05, 3.63) is 27.7 Å². The lowest BCUT2D eigenvalue weighted by Crippen LogP contribution is -2.35. The van der Waals surface area contributed by atoms with Gasteiger partial charge in [0, 0.05) is 30.7 Å². The summed E-state index contributed by atoms with van der Waals surface area (Å²) in [6.45, 7) is -1.18. The minimum atomic E-state index is -2.95. The fourth-order valence-corrected chi connectivity index (χ4v) is 2.44. The molecule has 0 aliphatic carbocycles. The van der Waals surface area contributed by atoms with Crippen LogP contribution < -0.4 is 10.1 Å². The summed E-state index contributed by atoms with van der Waals surface area (Å²) < 4.78 is 29.3. The molecule has 1 aliphatic rings. The first-order valence-electron chi connectivity index (χ1n) is 5.89. The quantitative estimate of drug-likeness (QED) is 0.710. The van der Waals surface area contributed by atoms with E-state index in [1.807, 2.05) is 11.9 Å². The summed E-state index contributed by atoms with van der Waals surface area (Å²) in [5.74, 6) is 0.629. The van der Waals surface area contributed by atoms with Crippen LogP contribution in [0.4, 0.5) is 8.78 Å². The van der Waals surface area contributed by atoms with Gasteiger partial charge < -0.3 is 15.0 Å². The molecule has 0 unspecified atom stereocenters. The first-order chi connectivity index (χ1) is 9.47. The molecule has 0 spiro atoms.